The Morgan fingerprint density at radius 2 is 2.14 bits per heavy atom. The van der Waals surface area contributed by atoms with Gasteiger partial charge in [-0.05, 0) is 30.7 Å². The van der Waals surface area contributed by atoms with Crippen LogP contribution in [0.3, 0.4) is 0 Å². The average molecular weight is 236 g/mol. The van der Waals surface area contributed by atoms with Gasteiger partial charge in [0.05, 0.1) is 0 Å². The highest BCUT2D eigenvalue weighted by molar-refractivity contribution is 6.54. The van der Waals surface area contributed by atoms with E-state index in [1.165, 1.54) is 18.2 Å². The Balaban J connectivity index is 2.78. The van der Waals surface area contributed by atoms with Gasteiger partial charge in [0.25, 0.3) is 5.91 Å². The number of alkyl halides is 2. The van der Waals surface area contributed by atoms with Gasteiger partial charge in [0.1, 0.15) is 5.82 Å². The zero-order valence-corrected chi connectivity index (χ0v) is 8.86. The van der Waals surface area contributed by atoms with Crippen molar-refractivity contribution in [2.45, 2.75) is 11.8 Å². The fourth-order valence-corrected chi connectivity index (χ4v) is 1.03. The van der Waals surface area contributed by atoms with E-state index in [9.17, 15) is 9.18 Å². The molecule has 0 aliphatic rings. The van der Waals surface area contributed by atoms with Crippen LogP contribution in [0.15, 0.2) is 18.2 Å². The standard InChI is InChI=1S/C9H8Cl2FNO/c1-5-4-6(2-3-7(5)12)13-9(14)8(10)11/h2-4,8H,1H3,(H,13,14). The fraction of sp³-hybridized carbons (Fsp3) is 0.222. The van der Waals surface area contributed by atoms with Crippen molar-refractivity contribution >= 4 is 34.8 Å². The van der Waals surface area contributed by atoms with Crippen LogP contribution in [0.2, 0.25) is 0 Å². The number of amides is 1. The number of rotatable bonds is 2. The summed E-state index contributed by atoms with van der Waals surface area (Å²) in [6, 6.07) is 4.21. The van der Waals surface area contributed by atoms with Crippen LogP contribution in [-0.2, 0) is 4.79 Å². The largest absolute Gasteiger partial charge is 0.324 e. The summed E-state index contributed by atoms with van der Waals surface area (Å²) in [5, 5.41) is 2.44. The van der Waals surface area contributed by atoms with Gasteiger partial charge in [-0.1, -0.05) is 23.2 Å². The first-order chi connectivity index (χ1) is 6.50. The van der Waals surface area contributed by atoms with Crippen LogP contribution < -0.4 is 5.32 Å². The lowest BCUT2D eigenvalue weighted by molar-refractivity contribution is -0.114. The molecule has 1 aromatic carbocycles. The maximum absolute atomic E-state index is 12.8. The minimum Gasteiger partial charge on any atom is -0.324 e. The van der Waals surface area contributed by atoms with Crippen LogP contribution in [0.25, 0.3) is 0 Å². The van der Waals surface area contributed by atoms with E-state index in [2.05, 4.69) is 5.32 Å². The molecule has 0 saturated heterocycles. The highest BCUT2D eigenvalue weighted by atomic mass is 35.5. The third-order valence-electron chi connectivity index (χ3n) is 1.62. The first-order valence-electron chi connectivity index (χ1n) is 3.86. The summed E-state index contributed by atoms with van der Waals surface area (Å²) in [4.78, 5) is 9.92. The zero-order chi connectivity index (χ0) is 10.7. The summed E-state index contributed by atoms with van der Waals surface area (Å²) < 4.78 is 12.8. The SMILES string of the molecule is Cc1cc(NC(=O)C(Cl)Cl)ccc1F. The van der Waals surface area contributed by atoms with Crippen molar-refractivity contribution in [1.82, 2.24) is 0 Å². The molecule has 2 nitrogen and oxygen atoms in total. The summed E-state index contributed by atoms with van der Waals surface area (Å²) in [7, 11) is 0. The van der Waals surface area contributed by atoms with E-state index < -0.39 is 10.7 Å². The van der Waals surface area contributed by atoms with Crippen molar-refractivity contribution in [3.8, 4) is 0 Å². The Bertz CT molecular complexity index is 355. The van der Waals surface area contributed by atoms with Crippen LogP contribution >= 0.6 is 23.2 Å². The molecule has 0 aliphatic heterocycles. The Kier molecular flexibility index (Phi) is 3.72. The molecule has 14 heavy (non-hydrogen) atoms. The number of carbonyl (C=O) groups is 1. The van der Waals surface area contributed by atoms with E-state index >= 15 is 0 Å². The maximum atomic E-state index is 12.8. The number of hydrogen-bond donors (Lipinski definition) is 1. The number of benzene rings is 1. The normalized spacial score (nSPS) is 10.4. The third kappa shape index (κ3) is 2.86. The molecule has 0 heterocycles. The molecular weight excluding hydrogens is 228 g/mol. The lowest BCUT2D eigenvalue weighted by atomic mass is 10.2. The van der Waals surface area contributed by atoms with Crippen molar-refractivity contribution in [3.63, 3.8) is 0 Å². The Morgan fingerprint density at radius 1 is 1.50 bits per heavy atom. The molecule has 0 aromatic heterocycles. The molecule has 1 aromatic rings. The fourth-order valence-electron chi connectivity index (χ4n) is 0.919. The molecule has 0 unspecified atom stereocenters. The number of anilines is 1. The minimum atomic E-state index is -1.12. The Morgan fingerprint density at radius 3 is 2.64 bits per heavy atom. The first-order valence-corrected chi connectivity index (χ1v) is 4.73. The van der Waals surface area contributed by atoms with Gasteiger partial charge in [-0.2, -0.15) is 0 Å². The molecule has 0 atom stereocenters. The van der Waals surface area contributed by atoms with E-state index in [1.54, 1.807) is 6.92 Å². The van der Waals surface area contributed by atoms with Gasteiger partial charge in [-0.25, -0.2) is 4.39 Å². The average Bonchev–Trinajstić information content (AvgIpc) is 2.11. The lowest BCUT2D eigenvalue weighted by Crippen LogP contribution is -2.18. The van der Waals surface area contributed by atoms with Gasteiger partial charge in [-0.3, -0.25) is 4.79 Å². The molecule has 0 saturated carbocycles. The zero-order valence-electron chi connectivity index (χ0n) is 7.35. The molecule has 76 valence electrons. The van der Waals surface area contributed by atoms with Gasteiger partial charge < -0.3 is 5.32 Å². The van der Waals surface area contributed by atoms with E-state index in [4.69, 9.17) is 23.2 Å². The molecule has 0 fully saturated rings. The summed E-state index contributed by atoms with van der Waals surface area (Å²) >= 11 is 10.7. The molecule has 0 bridgehead atoms. The Labute approximate surface area is 91.0 Å². The van der Waals surface area contributed by atoms with Crippen molar-refractivity contribution in [2.75, 3.05) is 5.32 Å². The van der Waals surface area contributed by atoms with Crippen molar-refractivity contribution in [2.24, 2.45) is 0 Å². The molecule has 0 spiro atoms. The monoisotopic (exact) mass is 235 g/mol. The first kappa shape index (κ1) is 11.3. The van der Waals surface area contributed by atoms with Gasteiger partial charge in [0.15, 0.2) is 4.84 Å². The van der Waals surface area contributed by atoms with E-state index in [0.29, 0.717) is 11.3 Å². The number of carbonyl (C=O) groups excluding carboxylic acids is 1. The lowest BCUT2D eigenvalue weighted by Gasteiger charge is -2.06. The summed E-state index contributed by atoms with van der Waals surface area (Å²) in [6.45, 7) is 1.60. The predicted octanol–water partition coefficient (Wildman–Crippen LogP) is 2.88. The van der Waals surface area contributed by atoms with Crippen molar-refractivity contribution in [1.29, 1.82) is 0 Å². The number of hydrogen-bond acceptors (Lipinski definition) is 1. The van der Waals surface area contributed by atoms with Crippen molar-refractivity contribution < 1.29 is 9.18 Å². The van der Waals surface area contributed by atoms with Crippen LogP contribution in [-0.4, -0.2) is 10.7 Å². The molecule has 1 rings (SSSR count). The molecule has 0 radical (unpaired) electrons. The van der Waals surface area contributed by atoms with Gasteiger partial charge in [0, 0.05) is 5.69 Å². The second-order valence-corrected chi connectivity index (χ2v) is 3.85. The highest BCUT2D eigenvalue weighted by Gasteiger charge is 2.11. The summed E-state index contributed by atoms with van der Waals surface area (Å²) in [5.41, 5.74) is 0.920. The summed E-state index contributed by atoms with van der Waals surface area (Å²) in [5.74, 6) is -0.851. The van der Waals surface area contributed by atoms with E-state index in [1.807, 2.05) is 0 Å². The van der Waals surface area contributed by atoms with Crippen LogP contribution in [0, 0.1) is 12.7 Å². The number of nitrogens with one attached hydrogen (secondary N) is 1. The quantitative estimate of drug-likeness (QED) is 0.786. The van der Waals surface area contributed by atoms with E-state index in [0.717, 1.165) is 0 Å². The third-order valence-corrected chi connectivity index (χ3v) is 2.02. The number of halogens is 3. The molecule has 0 aliphatic carbocycles. The summed E-state index contributed by atoms with van der Waals surface area (Å²) in [6.07, 6.45) is 0. The van der Waals surface area contributed by atoms with Crippen LogP contribution in [0.1, 0.15) is 5.56 Å². The molecule has 5 heteroatoms. The van der Waals surface area contributed by atoms with Crippen LogP contribution in [0.5, 0.6) is 0 Å². The smallest absolute Gasteiger partial charge is 0.257 e. The molecular formula is C9H8Cl2FNO. The number of aryl methyl sites for hydroxylation is 1. The second-order valence-electron chi connectivity index (χ2n) is 2.75. The molecule has 1 N–H and O–H groups in total. The predicted molar refractivity (Wildman–Crippen MR) is 55.3 cm³/mol. The minimum absolute atomic E-state index is 0.323. The maximum Gasteiger partial charge on any atom is 0.257 e. The van der Waals surface area contributed by atoms with Crippen LogP contribution in [0.4, 0.5) is 10.1 Å². The topological polar surface area (TPSA) is 29.1 Å². The second kappa shape index (κ2) is 4.62. The van der Waals surface area contributed by atoms with Crippen molar-refractivity contribution in [3.05, 3.63) is 29.6 Å². The van der Waals surface area contributed by atoms with Gasteiger partial charge in [0.2, 0.25) is 0 Å². The Hall–Kier alpha value is -0.800. The van der Waals surface area contributed by atoms with Gasteiger partial charge >= 0.3 is 0 Å². The van der Waals surface area contributed by atoms with E-state index in [-0.39, 0.29) is 5.82 Å². The molecule has 1 amide bonds. The highest BCUT2D eigenvalue weighted by Crippen LogP contribution is 2.15. The van der Waals surface area contributed by atoms with Gasteiger partial charge in [-0.15, -0.1) is 0 Å².